The molecule has 0 aliphatic rings. The van der Waals surface area contributed by atoms with E-state index in [2.05, 4.69) is 10.2 Å². The number of azo groups is 1. The SMILES string of the molecule is Nc1ccc(N=Nc2cccc(S(=O)(=O)O)c2)c2ccccc12. The van der Waals surface area contributed by atoms with Gasteiger partial charge in [0.05, 0.1) is 16.3 Å². The third-order valence-electron chi connectivity index (χ3n) is 3.32. The molecule has 3 N–H and O–H groups in total. The standard InChI is InChI=1S/C16H13N3O3S/c17-15-8-9-16(14-7-2-1-6-13(14)15)19-18-11-4-3-5-12(10-11)23(20,21)22/h1-10H,17H2,(H,20,21,22). The Bertz CT molecular complexity index is 1010. The van der Waals surface area contributed by atoms with Crippen LogP contribution in [0.2, 0.25) is 0 Å². The van der Waals surface area contributed by atoms with Crippen molar-refractivity contribution in [1.29, 1.82) is 0 Å². The van der Waals surface area contributed by atoms with Crippen molar-refractivity contribution in [2.24, 2.45) is 10.2 Å². The van der Waals surface area contributed by atoms with Gasteiger partial charge in [0.25, 0.3) is 10.1 Å². The van der Waals surface area contributed by atoms with Crippen molar-refractivity contribution in [3.63, 3.8) is 0 Å². The van der Waals surface area contributed by atoms with Crippen LogP contribution in [-0.4, -0.2) is 13.0 Å². The van der Waals surface area contributed by atoms with Crippen molar-refractivity contribution in [3.05, 3.63) is 60.7 Å². The lowest BCUT2D eigenvalue weighted by Gasteiger charge is -2.04. The van der Waals surface area contributed by atoms with Gasteiger partial charge in [-0.1, -0.05) is 30.3 Å². The molecule has 0 saturated carbocycles. The van der Waals surface area contributed by atoms with Crippen molar-refractivity contribution >= 4 is 38.0 Å². The molecule has 116 valence electrons. The lowest BCUT2D eigenvalue weighted by atomic mass is 10.1. The minimum Gasteiger partial charge on any atom is -0.398 e. The number of nitrogens with two attached hydrogens (primary N) is 1. The highest BCUT2D eigenvalue weighted by Gasteiger charge is 2.09. The van der Waals surface area contributed by atoms with Gasteiger partial charge in [0, 0.05) is 16.5 Å². The van der Waals surface area contributed by atoms with Crippen molar-refractivity contribution in [2.75, 3.05) is 5.73 Å². The van der Waals surface area contributed by atoms with Crippen LogP contribution in [0.1, 0.15) is 0 Å². The van der Waals surface area contributed by atoms with Crippen molar-refractivity contribution in [2.45, 2.75) is 4.90 Å². The first-order chi connectivity index (χ1) is 10.9. The van der Waals surface area contributed by atoms with E-state index < -0.39 is 10.1 Å². The van der Waals surface area contributed by atoms with E-state index in [9.17, 15) is 8.42 Å². The molecule has 6 nitrogen and oxygen atoms in total. The molecule has 3 aromatic rings. The fourth-order valence-corrected chi connectivity index (χ4v) is 2.73. The van der Waals surface area contributed by atoms with E-state index >= 15 is 0 Å². The van der Waals surface area contributed by atoms with Gasteiger partial charge in [0.2, 0.25) is 0 Å². The van der Waals surface area contributed by atoms with E-state index in [0.29, 0.717) is 17.1 Å². The predicted octanol–water partition coefficient (Wildman–Crippen LogP) is 4.08. The molecule has 0 radical (unpaired) electrons. The van der Waals surface area contributed by atoms with Gasteiger partial charge in [0.1, 0.15) is 0 Å². The van der Waals surface area contributed by atoms with E-state index in [1.54, 1.807) is 18.2 Å². The number of hydrogen-bond donors (Lipinski definition) is 2. The van der Waals surface area contributed by atoms with E-state index in [1.807, 2.05) is 24.3 Å². The second-order valence-corrected chi connectivity index (χ2v) is 6.31. The third-order valence-corrected chi connectivity index (χ3v) is 4.17. The topological polar surface area (TPSA) is 105 Å². The van der Waals surface area contributed by atoms with Gasteiger partial charge in [-0.25, -0.2) is 0 Å². The van der Waals surface area contributed by atoms with Crippen LogP contribution in [-0.2, 0) is 10.1 Å². The largest absolute Gasteiger partial charge is 0.398 e. The van der Waals surface area contributed by atoms with Gasteiger partial charge in [-0.3, -0.25) is 4.55 Å². The summed E-state index contributed by atoms with van der Waals surface area (Å²) in [5.74, 6) is 0. The summed E-state index contributed by atoms with van der Waals surface area (Å²) >= 11 is 0. The lowest BCUT2D eigenvalue weighted by molar-refractivity contribution is 0.483. The van der Waals surface area contributed by atoms with Crippen LogP contribution in [0.25, 0.3) is 10.8 Å². The fourth-order valence-electron chi connectivity index (χ4n) is 2.21. The Morgan fingerprint density at radius 3 is 2.35 bits per heavy atom. The van der Waals surface area contributed by atoms with Gasteiger partial charge in [-0.05, 0) is 30.3 Å². The fraction of sp³-hybridized carbons (Fsp3) is 0. The van der Waals surface area contributed by atoms with Gasteiger partial charge in [-0.2, -0.15) is 13.5 Å². The first kappa shape index (κ1) is 15.1. The summed E-state index contributed by atoms with van der Waals surface area (Å²) in [6, 6.07) is 16.6. The highest BCUT2D eigenvalue weighted by Crippen LogP contribution is 2.31. The zero-order valence-corrected chi connectivity index (χ0v) is 12.7. The Labute approximate surface area is 133 Å². The summed E-state index contributed by atoms with van der Waals surface area (Å²) in [6.07, 6.45) is 0. The summed E-state index contributed by atoms with van der Waals surface area (Å²) < 4.78 is 31.3. The highest BCUT2D eigenvalue weighted by molar-refractivity contribution is 7.85. The molecular formula is C16H13N3O3S. The van der Waals surface area contributed by atoms with Gasteiger partial charge >= 0.3 is 0 Å². The molecule has 0 unspecified atom stereocenters. The number of nitrogens with zero attached hydrogens (tertiary/aromatic N) is 2. The molecule has 0 atom stereocenters. The van der Waals surface area contributed by atoms with Crippen LogP contribution >= 0.6 is 0 Å². The minimum atomic E-state index is -4.27. The van der Waals surface area contributed by atoms with E-state index in [4.69, 9.17) is 10.3 Å². The molecule has 0 aromatic heterocycles. The highest BCUT2D eigenvalue weighted by atomic mass is 32.2. The molecule has 0 saturated heterocycles. The number of anilines is 1. The van der Waals surface area contributed by atoms with E-state index in [0.717, 1.165) is 10.8 Å². The van der Waals surface area contributed by atoms with Crippen LogP contribution < -0.4 is 5.73 Å². The Morgan fingerprint density at radius 2 is 1.61 bits per heavy atom. The maximum absolute atomic E-state index is 11.1. The van der Waals surface area contributed by atoms with Gasteiger partial charge < -0.3 is 5.73 Å². The second-order valence-electron chi connectivity index (χ2n) is 4.89. The van der Waals surface area contributed by atoms with Crippen LogP contribution in [0.15, 0.2) is 75.8 Å². The smallest absolute Gasteiger partial charge is 0.294 e. The van der Waals surface area contributed by atoms with Crippen LogP contribution in [0.4, 0.5) is 17.1 Å². The van der Waals surface area contributed by atoms with Crippen molar-refractivity contribution < 1.29 is 13.0 Å². The molecule has 0 bridgehead atoms. The van der Waals surface area contributed by atoms with E-state index in [1.165, 1.54) is 18.2 Å². The summed E-state index contributed by atoms with van der Waals surface area (Å²) in [5.41, 5.74) is 7.52. The van der Waals surface area contributed by atoms with E-state index in [-0.39, 0.29) is 4.90 Å². The van der Waals surface area contributed by atoms with Crippen molar-refractivity contribution in [3.8, 4) is 0 Å². The summed E-state index contributed by atoms with van der Waals surface area (Å²) in [4.78, 5) is -0.226. The second kappa shape index (κ2) is 5.79. The van der Waals surface area contributed by atoms with Crippen LogP contribution in [0.5, 0.6) is 0 Å². The zero-order valence-electron chi connectivity index (χ0n) is 11.9. The normalized spacial score (nSPS) is 12.0. The number of benzene rings is 3. The van der Waals surface area contributed by atoms with Crippen LogP contribution in [0, 0.1) is 0 Å². The average Bonchev–Trinajstić information content (AvgIpc) is 2.54. The number of fused-ring (bicyclic) bond motifs is 1. The third kappa shape index (κ3) is 3.20. The number of nitrogen functional groups attached to an aromatic ring is 1. The average molecular weight is 327 g/mol. The number of hydrogen-bond acceptors (Lipinski definition) is 5. The molecule has 3 rings (SSSR count). The molecule has 0 fully saturated rings. The molecule has 0 aliphatic carbocycles. The minimum absolute atomic E-state index is 0.226. The maximum atomic E-state index is 11.1. The van der Waals surface area contributed by atoms with Gasteiger partial charge in [-0.15, -0.1) is 5.11 Å². The Balaban J connectivity index is 2.03. The van der Waals surface area contributed by atoms with Gasteiger partial charge in [0.15, 0.2) is 0 Å². The summed E-state index contributed by atoms with van der Waals surface area (Å²) in [7, 11) is -4.27. The zero-order chi connectivity index (χ0) is 16.4. The molecule has 0 heterocycles. The molecular weight excluding hydrogens is 314 g/mol. The Kier molecular flexibility index (Phi) is 3.81. The maximum Gasteiger partial charge on any atom is 0.294 e. The molecule has 7 heteroatoms. The lowest BCUT2D eigenvalue weighted by Crippen LogP contribution is -1.96. The van der Waals surface area contributed by atoms with Crippen LogP contribution in [0.3, 0.4) is 0 Å². The monoisotopic (exact) mass is 327 g/mol. The Morgan fingerprint density at radius 1 is 0.870 bits per heavy atom. The quantitative estimate of drug-likeness (QED) is 0.429. The molecule has 3 aromatic carbocycles. The Hall–Kier alpha value is -2.77. The molecule has 23 heavy (non-hydrogen) atoms. The first-order valence-corrected chi connectivity index (χ1v) is 8.16. The predicted molar refractivity (Wildman–Crippen MR) is 88.8 cm³/mol. The molecule has 0 spiro atoms. The molecule has 0 amide bonds. The number of rotatable bonds is 3. The van der Waals surface area contributed by atoms with Crippen molar-refractivity contribution in [1.82, 2.24) is 0 Å². The first-order valence-electron chi connectivity index (χ1n) is 6.72. The molecule has 0 aliphatic heterocycles. The summed E-state index contributed by atoms with van der Waals surface area (Å²) in [5, 5.41) is 9.92. The summed E-state index contributed by atoms with van der Waals surface area (Å²) in [6.45, 7) is 0.